The Hall–Kier alpha value is -3.46. The summed E-state index contributed by atoms with van der Waals surface area (Å²) in [5, 5.41) is 11.7. The summed E-state index contributed by atoms with van der Waals surface area (Å²) in [5.74, 6) is 0.415. The predicted molar refractivity (Wildman–Crippen MR) is 89.0 cm³/mol. The molecule has 0 unspecified atom stereocenters. The van der Waals surface area contributed by atoms with Gasteiger partial charge in [-0.3, -0.25) is 14.7 Å². The van der Waals surface area contributed by atoms with Crippen molar-refractivity contribution < 1.29 is 4.79 Å². The predicted octanol–water partition coefficient (Wildman–Crippen LogP) is 2.69. The molecule has 3 aromatic rings. The standard InChI is InChI=1S/C18H14N4O2/c1-2-16(23)14-7-8-17(20-10-14)22-18(24)15(11-21-22)13-5-3-12(9-19)4-6-13/h3-8,10-11,21H,2H2,1H3. The number of hydrogen-bond acceptors (Lipinski definition) is 4. The average molecular weight is 318 g/mol. The topological polar surface area (TPSA) is 91.5 Å². The number of nitriles is 1. The molecule has 0 amide bonds. The third-order valence-corrected chi connectivity index (χ3v) is 3.72. The summed E-state index contributed by atoms with van der Waals surface area (Å²) in [5.41, 5.74) is 2.00. The van der Waals surface area contributed by atoms with Crippen molar-refractivity contribution in [2.75, 3.05) is 0 Å². The molecule has 1 N–H and O–H groups in total. The number of benzene rings is 1. The Morgan fingerprint density at radius 2 is 2.00 bits per heavy atom. The van der Waals surface area contributed by atoms with Gasteiger partial charge < -0.3 is 0 Å². The highest BCUT2D eigenvalue weighted by atomic mass is 16.1. The molecule has 3 rings (SSSR count). The summed E-state index contributed by atoms with van der Waals surface area (Å²) < 4.78 is 1.31. The third kappa shape index (κ3) is 2.75. The fourth-order valence-electron chi connectivity index (χ4n) is 2.36. The van der Waals surface area contributed by atoms with Crippen LogP contribution in [0.4, 0.5) is 0 Å². The number of hydrogen-bond donors (Lipinski definition) is 1. The number of aromatic nitrogens is 3. The number of carbonyl (C=O) groups excluding carboxylic acids is 1. The first kappa shape index (κ1) is 15.4. The van der Waals surface area contributed by atoms with Crippen molar-refractivity contribution in [2.24, 2.45) is 0 Å². The Balaban J connectivity index is 1.96. The number of nitrogens with zero attached hydrogens (tertiary/aromatic N) is 3. The van der Waals surface area contributed by atoms with Gasteiger partial charge in [-0.25, -0.2) is 9.67 Å². The largest absolute Gasteiger partial charge is 0.296 e. The fourth-order valence-corrected chi connectivity index (χ4v) is 2.36. The molecule has 24 heavy (non-hydrogen) atoms. The normalized spacial score (nSPS) is 10.3. The van der Waals surface area contributed by atoms with Gasteiger partial charge in [-0.05, 0) is 29.8 Å². The van der Waals surface area contributed by atoms with Crippen molar-refractivity contribution in [3.8, 4) is 23.0 Å². The van der Waals surface area contributed by atoms with Crippen LogP contribution >= 0.6 is 0 Å². The molecule has 0 aliphatic heterocycles. The van der Waals surface area contributed by atoms with E-state index in [2.05, 4.69) is 10.1 Å². The van der Waals surface area contributed by atoms with Crippen LogP contribution in [0.5, 0.6) is 0 Å². The van der Waals surface area contributed by atoms with Gasteiger partial charge in [-0.1, -0.05) is 19.1 Å². The Labute approximate surface area is 138 Å². The summed E-state index contributed by atoms with van der Waals surface area (Å²) in [4.78, 5) is 28.4. The lowest BCUT2D eigenvalue weighted by Crippen LogP contribution is -2.17. The molecule has 2 heterocycles. The van der Waals surface area contributed by atoms with Gasteiger partial charge in [0.05, 0.1) is 17.2 Å². The molecule has 2 aromatic heterocycles. The van der Waals surface area contributed by atoms with Gasteiger partial charge in [0.15, 0.2) is 11.6 Å². The molecular weight excluding hydrogens is 304 g/mol. The molecule has 0 fully saturated rings. The van der Waals surface area contributed by atoms with Gasteiger partial charge in [0.2, 0.25) is 0 Å². The summed E-state index contributed by atoms with van der Waals surface area (Å²) >= 11 is 0. The van der Waals surface area contributed by atoms with Gasteiger partial charge in [-0.15, -0.1) is 0 Å². The van der Waals surface area contributed by atoms with E-state index >= 15 is 0 Å². The molecular formula is C18H14N4O2. The number of nitrogens with one attached hydrogen (secondary N) is 1. The molecule has 1 aromatic carbocycles. The van der Waals surface area contributed by atoms with Crippen LogP contribution < -0.4 is 5.56 Å². The number of pyridine rings is 1. The minimum atomic E-state index is -0.248. The Morgan fingerprint density at radius 3 is 2.58 bits per heavy atom. The molecule has 0 saturated heterocycles. The first-order chi connectivity index (χ1) is 11.6. The van der Waals surface area contributed by atoms with E-state index < -0.39 is 0 Å². The SMILES string of the molecule is CCC(=O)c1ccc(-n2[nH]cc(-c3ccc(C#N)cc3)c2=O)nc1. The van der Waals surface area contributed by atoms with Gasteiger partial charge in [0, 0.05) is 24.4 Å². The molecule has 0 bridgehead atoms. The lowest BCUT2D eigenvalue weighted by atomic mass is 10.1. The average Bonchev–Trinajstić information content (AvgIpc) is 3.02. The number of carbonyl (C=O) groups is 1. The molecule has 0 saturated carbocycles. The van der Waals surface area contributed by atoms with Crippen LogP contribution in [0.1, 0.15) is 29.3 Å². The zero-order chi connectivity index (χ0) is 17.1. The molecule has 6 heteroatoms. The monoisotopic (exact) mass is 318 g/mol. The minimum Gasteiger partial charge on any atom is -0.296 e. The van der Waals surface area contributed by atoms with E-state index in [1.807, 2.05) is 6.07 Å². The van der Waals surface area contributed by atoms with Crippen LogP contribution in [0.3, 0.4) is 0 Å². The summed E-state index contributed by atoms with van der Waals surface area (Å²) in [6, 6.07) is 12.1. The van der Waals surface area contributed by atoms with Gasteiger partial charge in [-0.2, -0.15) is 5.26 Å². The fraction of sp³-hybridized carbons (Fsp3) is 0.111. The van der Waals surface area contributed by atoms with E-state index in [0.717, 1.165) is 0 Å². The molecule has 0 spiro atoms. The highest BCUT2D eigenvalue weighted by Gasteiger charge is 2.11. The van der Waals surface area contributed by atoms with Crippen LogP contribution in [0.25, 0.3) is 16.9 Å². The Kier molecular flexibility index (Phi) is 4.08. The smallest absolute Gasteiger partial charge is 0.280 e. The van der Waals surface area contributed by atoms with E-state index in [-0.39, 0.29) is 11.3 Å². The second-order valence-corrected chi connectivity index (χ2v) is 5.20. The first-order valence-electron chi connectivity index (χ1n) is 7.44. The highest BCUT2D eigenvalue weighted by Crippen LogP contribution is 2.16. The van der Waals surface area contributed by atoms with Crippen LogP contribution in [0, 0.1) is 11.3 Å². The van der Waals surface area contributed by atoms with E-state index in [1.165, 1.54) is 10.9 Å². The molecule has 0 radical (unpaired) electrons. The molecule has 0 aliphatic rings. The maximum atomic E-state index is 12.6. The van der Waals surface area contributed by atoms with Gasteiger partial charge >= 0.3 is 0 Å². The molecule has 118 valence electrons. The number of H-pyrrole nitrogens is 1. The Morgan fingerprint density at radius 1 is 1.25 bits per heavy atom. The number of Topliss-reactive ketones (excluding diaryl/α,β-unsaturated/α-hetero) is 1. The van der Waals surface area contributed by atoms with Crippen LogP contribution in [-0.2, 0) is 0 Å². The van der Waals surface area contributed by atoms with Crippen molar-refractivity contribution in [2.45, 2.75) is 13.3 Å². The maximum absolute atomic E-state index is 12.6. The number of aromatic amines is 1. The quantitative estimate of drug-likeness (QED) is 0.749. The summed E-state index contributed by atoms with van der Waals surface area (Å²) in [7, 11) is 0. The van der Waals surface area contributed by atoms with Gasteiger partial charge in [0.1, 0.15) is 0 Å². The molecule has 6 nitrogen and oxygen atoms in total. The zero-order valence-electron chi connectivity index (χ0n) is 13.0. The van der Waals surface area contributed by atoms with Crippen molar-refractivity contribution in [1.82, 2.24) is 14.8 Å². The van der Waals surface area contributed by atoms with Crippen LogP contribution in [0.15, 0.2) is 53.6 Å². The Bertz CT molecular complexity index is 974. The van der Waals surface area contributed by atoms with Crippen molar-refractivity contribution >= 4 is 5.78 Å². The summed E-state index contributed by atoms with van der Waals surface area (Å²) in [6.07, 6.45) is 3.47. The van der Waals surface area contributed by atoms with E-state index in [0.29, 0.717) is 34.5 Å². The van der Waals surface area contributed by atoms with E-state index in [1.54, 1.807) is 49.5 Å². The minimum absolute atomic E-state index is 0.00570. The third-order valence-electron chi connectivity index (χ3n) is 3.72. The number of ketones is 1. The van der Waals surface area contributed by atoms with Crippen molar-refractivity contribution in [3.63, 3.8) is 0 Å². The van der Waals surface area contributed by atoms with Crippen molar-refractivity contribution in [1.29, 1.82) is 5.26 Å². The number of rotatable bonds is 4. The second kappa shape index (κ2) is 6.34. The zero-order valence-corrected chi connectivity index (χ0v) is 13.0. The van der Waals surface area contributed by atoms with E-state index in [9.17, 15) is 9.59 Å². The van der Waals surface area contributed by atoms with Crippen molar-refractivity contribution in [3.05, 3.63) is 70.3 Å². The van der Waals surface area contributed by atoms with Crippen LogP contribution in [-0.4, -0.2) is 20.5 Å². The second-order valence-electron chi connectivity index (χ2n) is 5.20. The van der Waals surface area contributed by atoms with E-state index in [4.69, 9.17) is 5.26 Å². The molecule has 0 atom stereocenters. The van der Waals surface area contributed by atoms with Crippen LogP contribution in [0.2, 0.25) is 0 Å². The highest BCUT2D eigenvalue weighted by molar-refractivity contribution is 5.95. The van der Waals surface area contributed by atoms with Gasteiger partial charge in [0.25, 0.3) is 5.56 Å². The lowest BCUT2D eigenvalue weighted by Gasteiger charge is -2.02. The first-order valence-corrected chi connectivity index (χ1v) is 7.44. The summed E-state index contributed by atoms with van der Waals surface area (Å²) in [6.45, 7) is 1.79. The lowest BCUT2D eigenvalue weighted by molar-refractivity contribution is 0.0988. The molecule has 0 aliphatic carbocycles. The maximum Gasteiger partial charge on any atom is 0.280 e.